The van der Waals surface area contributed by atoms with Crippen LogP contribution in [0.25, 0.3) is 38.6 Å². The molecule has 5 aromatic rings. The van der Waals surface area contributed by atoms with Crippen LogP contribution in [0.4, 0.5) is 0 Å². The van der Waals surface area contributed by atoms with Crippen LogP contribution in [0.2, 0.25) is 5.02 Å². The van der Waals surface area contributed by atoms with Gasteiger partial charge in [-0.3, -0.25) is 19.3 Å². The Hall–Kier alpha value is -4.60. The van der Waals surface area contributed by atoms with Crippen LogP contribution in [0.5, 0.6) is 0 Å². The fourth-order valence-electron chi connectivity index (χ4n) is 5.12. The zero-order chi connectivity index (χ0) is 27.3. The van der Waals surface area contributed by atoms with Crippen LogP contribution in [0.1, 0.15) is 28.0 Å². The van der Waals surface area contributed by atoms with Gasteiger partial charge in [0.25, 0.3) is 0 Å². The van der Waals surface area contributed by atoms with E-state index in [1.165, 1.54) is 13.3 Å². The molecule has 0 atom stereocenters. The van der Waals surface area contributed by atoms with E-state index in [0.717, 1.165) is 5.52 Å². The maximum atomic E-state index is 13.4. The number of allylic oxidation sites excluding steroid dienone is 2. The number of halogens is 1. The number of benzene rings is 2. The third-order valence-corrected chi connectivity index (χ3v) is 7.03. The molecule has 3 heterocycles. The fourth-order valence-corrected chi connectivity index (χ4v) is 5.29. The zero-order valence-corrected chi connectivity index (χ0v) is 21.5. The first-order chi connectivity index (χ1) is 18.9. The van der Waals surface area contributed by atoms with Gasteiger partial charge < -0.3 is 14.4 Å². The standard InChI is InChI=1S/C29H21ClN4O5/c1-39-29(38)16-10-18(14-31-13-16)33-15-21(20-11-17(30)6-7-22(20)33)26-24(36)12-25(37)27(26)28-19-4-2-3-5-23(19)34(32-28)8-9-35/h2-7,10-11,13-15,35H,8-9,12H2,1H3. The number of esters is 1. The van der Waals surface area contributed by atoms with Crippen molar-refractivity contribution in [2.24, 2.45) is 0 Å². The molecule has 1 N–H and O–H groups in total. The molecule has 6 rings (SSSR count). The van der Waals surface area contributed by atoms with Crippen LogP contribution >= 0.6 is 11.6 Å². The molecule has 0 unspecified atom stereocenters. The summed E-state index contributed by atoms with van der Waals surface area (Å²) in [5.41, 5.74) is 3.67. The Balaban J connectivity index is 1.64. The number of fused-ring (bicyclic) bond motifs is 2. The number of aliphatic hydroxyl groups excluding tert-OH is 1. The number of carbonyl (C=O) groups is 3. The van der Waals surface area contributed by atoms with Gasteiger partial charge in [-0.2, -0.15) is 5.10 Å². The van der Waals surface area contributed by atoms with Crippen molar-refractivity contribution in [1.29, 1.82) is 0 Å². The van der Waals surface area contributed by atoms with E-state index in [2.05, 4.69) is 10.1 Å². The number of rotatable bonds is 6. The lowest BCUT2D eigenvalue weighted by molar-refractivity contribution is -0.119. The molecule has 9 nitrogen and oxygen atoms in total. The molecule has 3 aromatic heterocycles. The average Bonchev–Trinajstić information content (AvgIpc) is 3.58. The number of aliphatic hydroxyl groups is 1. The van der Waals surface area contributed by atoms with Gasteiger partial charge in [-0.25, -0.2) is 4.79 Å². The summed E-state index contributed by atoms with van der Waals surface area (Å²) in [5, 5.41) is 16.0. The summed E-state index contributed by atoms with van der Waals surface area (Å²) >= 11 is 6.38. The lowest BCUT2D eigenvalue weighted by Crippen LogP contribution is -2.05. The van der Waals surface area contributed by atoms with E-state index in [4.69, 9.17) is 16.3 Å². The van der Waals surface area contributed by atoms with Crippen molar-refractivity contribution in [1.82, 2.24) is 19.3 Å². The van der Waals surface area contributed by atoms with Crippen LogP contribution in [-0.2, 0) is 20.9 Å². The topological polar surface area (TPSA) is 116 Å². The van der Waals surface area contributed by atoms with Crippen molar-refractivity contribution in [3.63, 3.8) is 0 Å². The SMILES string of the molecule is COC(=O)c1cncc(-n2cc(C3=C(c4nn(CCO)c5ccccc45)C(=O)CC3=O)c3cc(Cl)ccc32)c1. The Labute approximate surface area is 226 Å². The number of nitrogens with zero attached hydrogens (tertiary/aromatic N) is 4. The van der Waals surface area contributed by atoms with Crippen molar-refractivity contribution in [3.8, 4) is 5.69 Å². The van der Waals surface area contributed by atoms with Crippen LogP contribution in [-0.4, -0.2) is 55.7 Å². The van der Waals surface area contributed by atoms with Crippen LogP contribution in [0, 0.1) is 0 Å². The Morgan fingerprint density at radius 1 is 1.03 bits per heavy atom. The number of Topliss-reactive ketones (excluding diaryl/α,β-unsaturated/α-hetero) is 2. The second-order valence-electron chi connectivity index (χ2n) is 9.08. The highest BCUT2D eigenvalue weighted by molar-refractivity contribution is 6.52. The van der Waals surface area contributed by atoms with Gasteiger partial charge in [0.2, 0.25) is 0 Å². The number of methoxy groups -OCH3 is 1. The quantitative estimate of drug-likeness (QED) is 0.253. The third-order valence-electron chi connectivity index (χ3n) is 6.79. The highest BCUT2D eigenvalue weighted by Crippen LogP contribution is 2.41. The molecular formula is C29H21ClN4O5. The van der Waals surface area contributed by atoms with Crippen LogP contribution < -0.4 is 0 Å². The summed E-state index contributed by atoms with van der Waals surface area (Å²) < 4.78 is 8.27. The molecule has 39 heavy (non-hydrogen) atoms. The molecule has 194 valence electrons. The normalized spacial score (nSPS) is 13.7. The monoisotopic (exact) mass is 540 g/mol. The summed E-state index contributed by atoms with van der Waals surface area (Å²) in [6.07, 6.45) is 4.47. The molecule has 10 heteroatoms. The molecule has 1 aliphatic carbocycles. The van der Waals surface area contributed by atoms with Crippen molar-refractivity contribution in [3.05, 3.63) is 89.0 Å². The maximum absolute atomic E-state index is 13.4. The number of ketones is 2. The van der Waals surface area contributed by atoms with Gasteiger partial charge in [-0.15, -0.1) is 0 Å². The molecule has 1 aliphatic rings. The van der Waals surface area contributed by atoms with E-state index in [-0.39, 0.29) is 47.8 Å². The average molecular weight is 541 g/mol. The van der Waals surface area contributed by atoms with E-state index in [9.17, 15) is 19.5 Å². The summed E-state index contributed by atoms with van der Waals surface area (Å²) in [7, 11) is 1.29. The van der Waals surface area contributed by atoms with Gasteiger partial charge >= 0.3 is 5.97 Å². The first kappa shape index (κ1) is 24.7. The maximum Gasteiger partial charge on any atom is 0.339 e. The summed E-state index contributed by atoms with van der Waals surface area (Å²) in [5.74, 6) is -1.18. The third kappa shape index (κ3) is 4.03. The number of para-hydroxylation sites is 1. The lowest BCUT2D eigenvalue weighted by Gasteiger charge is -2.06. The smallest absolute Gasteiger partial charge is 0.339 e. The Kier molecular flexibility index (Phi) is 6.09. The number of ether oxygens (including phenoxy) is 1. The minimum absolute atomic E-state index is 0.130. The summed E-state index contributed by atoms with van der Waals surface area (Å²) in [6.45, 7) is 0.109. The highest BCUT2D eigenvalue weighted by Gasteiger charge is 2.36. The van der Waals surface area contributed by atoms with Gasteiger partial charge in [0.1, 0.15) is 5.69 Å². The molecule has 2 aromatic carbocycles. The van der Waals surface area contributed by atoms with E-state index in [1.54, 1.807) is 45.9 Å². The molecule has 0 saturated heterocycles. The first-order valence-electron chi connectivity index (χ1n) is 12.1. The van der Waals surface area contributed by atoms with E-state index < -0.39 is 5.97 Å². The van der Waals surface area contributed by atoms with Gasteiger partial charge in [0.15, 0.2) is 11.6 Å². The number of aromatic nitrogens is 4. The summed E-state index contributed by atoms with van der Waals surface area (Å²) in [4.78, 5) is 43.1. The lowest BCUT2D eigenvalue weighted by atomic mass is 9.97. The fraction of sp³-hybridized carbons (Fsp3) is 0.138. The molecule has 0 radical (unpaired) electrons. The molecule has 0 spiro atoms. The predicted molar refractivity (Wildman–Crippen MR) is 146 cm³/mol. The van der Waals surface area contributed by atoms with E-state index >= 15 is 0 Å². The Morgan fingerprint density at radius 2 is 1.82 bits per heavy atom. The second kappa shape index (κ2) is 9.61. The number of hydrogen-bond acceptors (Lipinski definition) is 7. The Morgan fingerprint density at radius 3 is 2.62 bits per heavy atom. The molecule has 0 aliphatic heterocycles. The largest absolute Gasteiger partial charge is 0.465 e. The minimum atomic E-state index is -0.531. The van der Waals surface area contributed by atoms with Gasteiger partial charge in [0, 0.05) is 39.3 Å². The minimum Gasteiger partial charge on any atom is -0.465 e. The molecular weight excluding hydrogens is 520 g/mol. The van der Waals surface area contributed by atoms with Crippen molar-refractivity contribution in [2.45, 2.75) is 13.0 Å². The van der Waals surface area contributed by atoms with Crippen LogP contribution in [0.3, 0.4) is 0 Å². The second-order valence-corrected chi connectivity index (χ2v) is 9.52. The molecule has 0 bridgehead atoms. The van der Waals surface area contributed by atoms with Crippen LogP contribution in [0.15, 0.2) is 67.1 Å². The summed E-state index contributed by atoms with van der Waals surface area (Å²) in [6, 6.07) is 14.3. The number of hydrogen-bond donors (Lipinski definition) is 1. The van der Waals surface area contributed by atoms with Gasteiger partial charge in [-0.05, 0) is 30.3 Å². The van der Waals surface area contributed by atoms with Crippen molar-refractivity contribution < 1.29 is 24.2 Å². The molecule has 0 saturated carbocycles. The highest BCUT2D eigenvalue weighted by atomic mass is 35.5. The first-order valence-corrected chi connectivity index (χ1v) is 12.5. The van der Waals surface area contributed by atoms with Gasteiger partial charge in [0.05, 0.1) is 60.7 Å². The molecule has 0 fully saturated rings. The predicted octanol–water partition coefficient (Wildman–Crippen LogP) is 4.26. The number of carbonyl (C=O) groups excluding carboxylic acids is 3. The number of pyridine rings is 1. The van der Waals surface area contributed by atoms with Crippen molar-refractivity contribution >= 4 is 62.1 Å². The Bertz CT molecular complexity index is 1870. The van der Waals surface area contributed by atoms with E-state index in [0.29, 0.717) is 38.3 Å². The van der Waals surface area contributed by atoms with Crippen molar-refractivity contribution in [2.75, 3.05) is 13.7 Å². The molecule has 0 amide bonds. The zero-order valence-electron chi connectivity index (χ0n) is 20.7. The van der Waals surface area contributed by atoms with Gasteiger partial charge in [-0.1, -0.05) is 29.8 Å². The van der Waals surface area contributed by atoms with E-state index in [1.807, 2.05) is 24.3 Å².